The first-order valence-corrected chi connectivity index (χ1v) is 6.62. The fraction of sp³-hybridized carbons (Fsp3) is 0.333. The van der Waals surface area contributed by atoms with Crippen LogP contribution in [0.3, 0.4) is 0 Å². The van der Waals surface area contributed by atoms with Crippen LogP contribution in [0.5, 0.6) is 0 Å². The molecule has 80 valence electrons. The molecule has 0 unspecified atom stereocenters. The minimum atomic E-state index is -3.09. The molecule has 1 aliphatic rings. The minimum absolute atomic E-state index is 0.187. The molecule has 0 saturated heterocycles. The summed E-state index contributed by atoms with van der Waals surface area (Å²) in [5.74, 6) is 0.187. The van der Waals surface area contributed by atoms with E-state index in [4.69, 9.17) is 0 Å². The maximum atomic E-state index is 12.0. The van der Waals surface area contributed by atoms with E-state index in [0.717, 1.165) is 23.1 Å². The summed E-state index contributed by atoms with van der Waals surface area (Å²) in [6, 6.07) is 7.27. The highest BCUT2D eigenvalue weighted by Crippen LogP contribution is 2.28. The van der Waals surface area contributed by atoms with Gasteiger partial charge in [-0.25, -0.2) is 8.42 Å². The number of sulfone groups is 1. The zero-order valence-electron chi connectivity index (χ0n) is 8.95. The molecule has 1 aromatic carbocycles. The number of hydrogen-bond donors (Lipinski definition) is 0. The molecule has 0 bridgehead atoms. The number of fused-ring (bicyclic) bond motifs is 1. The monoisotopic (exact) mass is 222 g/mol. The van der Waals surface area contributed by atoms with E-state index in [-0.39, 0.29) is 5.75 Å². The molecular weight excluding hydrogens is 208 g/mol. The second-order valence-corrected chi connectivity index (χ2v) is 6.11. The normalized spacial score (nSPS) is 18.4. The second kappa shape index (κ2) is 3.49. The van der Waals surface area contributed by atoms with Crippen LogP contribution in [-0.2, 0) is 16.3 Å². The fourth-order valence-corrected chi connectivity index (χ4v) is 3.69. The van der Waals surface area contributed by atoms with Gasteiger partial charge < -0.3 is 0 Å². The van der Waals surface area contributed by atoms with E-state index in [1.54, 1.807) is 12.1 Å². The van der Waals surface area contributed by atoms with Gasteiger partial charge >= 0.3 is 0 Å². The van der Waals surface area contributed by atoms with Gasteiger partial charge in [-0.2, -0.15) is 0 Å². The SMILES string of the molecule is CC(C)=C1Cc2ccccc2S(=O)(=O)C1. The van der Waals surface area contributed by atoms with E-state index in [1.165, 1.54) is 0 Å². The zero-order valence-corrected chi connectivity index (χ0v) is 9.76. The largest absolute Gasteiger partial charge is 0.223 e. The highest BCUT2D eigenvalue weighted by molar-refractivity contribution is 7.91. The van der Waals surface area contributed by atoms with E-state index < -0.39 is 9.84 Å². The van der Waals surface area contributed by atoms with Crippen LogP contribution in [0.2, 0.25) is 0 Å². The molecule has 0 spiro atoms. The summed E-state index contributed by atoms with van der Waals surface area (Å²) in [4.78, 5) is 0.509. The third-order valence-electron chi connectivity index (χ3n) is 2.78. The Morgan fingerprint density at radius 1 is 1.20 bits per heavy atom. The van der Waals surface area contributed by atoms with Gasteiger partial charge in [0.05, 0.1) is 10.6 Å². The summed E-state index contributed by atoms with van der Waals surface area (Å²) in [7, 11) is -3.09. The number of hydrogen-bond acceptors (Lipinski definition) is 2. The highest BCUT2D eigenvalue weighted by atomic mass is 32.2. The molecule has 0 amide bonds. The summed E-state index contributed by atoms with van der Waals surface area (Å²) < 4.78 is 23.9. The molecule has 1 heterocycles. The number of allylic oxidation sites excluding steroid dienone is 1. The fourth-order valence-electron chi connectivity index (χ4n) is 1.86. The Morgan fingerprint density at radius 3 is 2.53 bits per heavy atom. The van der Waals surface area contributed by atoms with Crippen molar-refractivity contribution in [1.82, 2.24) is 0 Å². The van der Waals surface area contributed by atoms with Crippen molar-refractivity contribution < 1.29 is 8.42 Å². The van der Waals surface area contributed by atoms with E-state index in [0.29, 0.717) is 4.90 Å². The first-order chi connectivity index (χ1) is 7.00. The van der Waals surface area contributed by atoms with Crippen molar-refractivity contribution in [2.45, 2.75) is 25.2 Å². The van der Waals surface area contributed by atoms with Crippen LogP contribution in [0, 0.1) is 0 Å². The van der Waals surface area contributed by atoms with Gasteiger partial charge in [0.15, 0.2) is 9.84 Å². The van der Waals surface area contributed by atoms with E-state index >= 15 is 0 Å². The van der Waals surface area contributed by atoms with Gasteiger partial charge in [-0.15, -0.1) is 0 Å². The summed E-state index contributed by atoms with van der Waals surface area (Å²) in [5.41, 5.74) is 3.08. The first kappa shape index (κ1) is 10.4. The van der Waals surface area contributed by atoms with Crippen LogP contribution in [0.25, 0.3) is 0 Å². The Balaban J connectivity index is 2.64. The quantitative estimate of drug-likeness (QED) is 0.631. The molecule has 0 fully saturated rings. The van der Waals surface area contributed by atoms with Crippen molar-refractivity contribution in [3.8, 4) is 0 Å². The van der Waals surface area contributed by atoms with Crippen LogP contribution < -0.4 is 0 Å². The van der Waals surface area contributed by atoms with Crippen LogP contribution in [0.4, 0.5) is 0 Å². The smallest absolute Gasteiger partial charge is 0.182 e. The third-order valence-corrected chi connectivity index (χ3v) is 4.58. The minimum Gasteiger partial charge on any atom is -0.223 e. The van der Waals surface area contributed by atoms with Gasteiger partial charge in [0.25, 0.3) is 0 Å². The lowest BCUT2D eigenvalue weighted by Crippen LogP contribution is -2.19. The molecular formula is C12H14O2S. The van der Waals surface area contributed by atoms with Gasteiger partial charge in [-0.3, -0.25) is 0 Å². The first-order valence-electron chi connectivity index (χ1n) is 4.96. The molecule has 0 aliphatic carbocycles. The summed E-state index contributed by atoms with van der Waals surface area (Å²) in [6.07, 6.45) is 0.776. The van der Waals surface area contributed by atoms with Crippen molar-refractivity contribution in [2.75, 3.05) is 5.75 Å². The maximum absolute atomic E-state index is 12.0. The standard InChI is InChI=1S/C12H14O2S/c1-9(2)11-7-10-5-3-4-6-12(10)15(13,14)8-11/h3-6H,7-8H2,1-2H3. The van der Waals surface area contributed by atoms with E-state index in [2.05, 4.69) is 0 Å². The van der Waals surface area contributed by atoms with Crippen molar-refractivity contribution in [1.29, 1.82) is 0 Å². The van der Waals surface area contributed by atoms with Gasteiger partial charge in [-0.1, -0.05) is 29.3 Å². The lowest BCUT2D eigenvalue weighted by Gasteiger charge is -2.20. The Morgan fingerprint density at radius 2 is 1.87 bits per heavy atom. The highest BCUT2D eigenvalue weighted by Gasteiger charge is 2.26. The Kier molecular flexibility index (Phi) is 2.43. The number of benzene rings is 1. The van der Waals surface area contributed by atoms with Gasteiger partial charge in [0, 0.05) is 0 Å². The molecule has 1 aromatic rings. The predicted octanol–water partition coefficient (Wildman–Crippen LogP) is 2.35. The lowest BCUT2D eigenvalue weighted by atomic mass is 10.0. The summed E-state index contributed by atoms with van der Waals surface area (Å²) in [6.45, 7) is 3.94. The van der Waals surface area contributed by atoms with Crippen molar-refractivity contribution in [2.24, 2.45) is 0 Å². The van der Waals surface area contributed by atoms with Gasteiger partial charge in [0.1, 0.15) is 0 Å². The second-order valence-electron chi connectivity index (χ2n) is 4.15. The zero-order chi connectivity index (χ0) is 11.1. The molecule has 0 saturated carbocycles. The predicted molar refractivity (Wildman–Crippen MR) is 60.6 cm³/mol. The van der Waals surface area contributed by atoms with Crippen LogP contribution in [0.15, 0.2) is 40.3 Å². The van der Waals surface area contributed by atoms with Crippen molar-refractivity contribution >= 4 is 9.84 Å². The molecule has 0 radical (unpaired) electrons. The molecule has 2 nitrogen and oxygen atoms in total. The average Bonchev–Trinajstić information content (AvgIpc) is 2.16. The number of rotatable bonds is 0. The molecule has 0 aromatic heterocycles. The average molecular weight is 222 g/mol. The molecule has 3 heteroatoms. The van der Waals surface area contributed by atoms with E-state index in [1.807, 2.05) is 26.0 Å². The molecule has 2 rings (SSSR count). The Labute approximate surface area is 90.6 Å². The Hall–Kier alpha value is -1.09. The van der Waals surface area contributed by atoms with E-state index in [9.17, 15) is 8.42 Å². The Bertz CT molecular complexity index is 520. The van der Waals surface area contributed by atoms with Crippen LogP contribution >= 0.6 is 0 Å². The topological polar surface area (TPSA) is 34.1 Å². The lowest BCUT2D eigenvalue weighted by molar-refractivity contribution is 0.594. The molecule has 0 atom stereocenters. The van der Waals surface area contributed by atoms with Gasteiger partial charge in [-0.05, 0) is 31.9 Å². The van der Waals surface area contributed by atoms with Crippen LogP contribution in [0.1, 0.15) is 19.4 Å². The molecule has 0 N–H and O–H groups in total. The maximum Gasteiger partial charge on any atom is 0.182 e. The van der Waals surface area contributed by atoms with Gasteiger partial charge in [0.2, 0.25) is 0 Å². The van der Waals surface area contributed by atoms with Crippen molar-refractivity contribution in [3.05, 3.63) is 41.0 Å². The molecule has 1 aliphatic heterocycles. The summed E-state index contributed by atoms with van der Waals surface area (Å²) in [5, 5.41) is 0. The molecule has 15 heavy (non-hydrogen) atoms. The van der Waals surface area contributed by atoms with Crippen LogP contribution in [-0.4, -0.2) is 14.2 Å². The third kappa shape index (κ3) is 1.84. The summed E-state index contributed by atoms with van der Waals surface area (Å²) >= 11 is 0. The van der Waals surface area contributed by atoms with Crippen molar-refractivity contribution in [3.63, 3.8) is 0 Å².